The average Bonchev–Trinajstić information content (AvgIpc) is 3.20. The first-order chi connectivity index (χ1) is 16.8. The van der Waals surface area contributed by atoms with Crippen LogP contribution in [0.1, 0.15) is 43.5 Å². The number of ether oxygens (including phenoxy) is 1. The summed E-state index contributed by atoms with van der Waals surface area (Å²) in [5.74, 6) is -0.373. The Morgan fingerprint density at radius 3 is 2.40 bits per heavy atom. The van der Waals surface area contributed by atoms with Crippen molar-refractivity contribution in [1.29, 1.82) is 0 Å². The number of likely N-dealkylation sites (tertiary alicyclic amines) is 1. The van der Waals surface area contributed by atoms with E-state index in [0.29, 0.717) is 28.0 Å². The highest BCUT2D eigenvalue weighted by Crippen LogP contribution is 2.23. The fourth-order valence-corrected chi connectivity index (χ4v) is 4.41. The summed E-state index contributed by atoms with van der Waals surface area (Å²) in [6.07, 6.45) is 3.13. The second-order valence-electron chi connectivity index (χ2n) is 8.81. The summed E-state index contributed by atoms with van der Waals surface area (Å²) in [4.78, 5) is 55.7. The molecule has 0 unspecified atom stereocenters. The van der Waals surface area contributed by atoms with Gasteiger partial charge in [0.05, 0.1) is 17.6 Å². The summed E-state index contributed by atoms with van der Waals surface area (Å²) in [6, 6.07) is 11.8. The highest BCUT2D eigenvalue weighted by molar-refractivity contribution is 6.00. The van der Waals surface area contributed by atoms with E-state index in [1.807, 2.05) is 4.90 Å². The number of aromatic amines is 2. The van der Waals surface area contributed by atoms with E-state index in [4.69, 9.17) is 4.74 Å². The fourth-order valence-electron chi connectivity index (χ4n) is 4.41. The van der Waals surface area contributed by atoms with Gasteiger partial charge in [-0.3, -0.25) is 14.4 Å². The zero-order valence-electron chi connectivity index (χ0n) is 19.7. The maximum atomic E-state index is 12.6. The van der Waals surface area contributed by atoms with Gasteiger partial charge in [-0.2, -0.15) is 0 Å². The van der Waals surface area contributed by atoms with E-state index >= 15 is 0 Å². The van der Waals surface area contributed by atoms with Gasteiger partial charge in [0.15, 0.2) is 6.61 Å². The van der Waals surface area contributed by atoms with Gasteiger partial charge in [0.1, 0.15) is 5.75 Å². The van der Waals surface area contributed by atoms with E-state index < -0.39 is 11.8 Å². The number of carbonyl (C=O) groups is 3. The fraction of sp³-hybridized carbons (Fsp3) is 0.360. The van der Waals surface area contributed by atoms with Crippen LogP contribution in [0, 0.1) is 0 Å². The number of hydrogen-bond acceptors (Lipinski definition) is 5. The smallest absolute Gasteiger partial charge is 0.323 e. The molecule has 3 amide bonds. The van der Waals surface area contributed by atoms with Crippen LogP contribution in [0.15, 0.2) is 47.3 Å². The first-order valence-electron chi connectivity index (χ1n) is 11.6. The molecule has 0 spiro atoms. The van der Waals surface area contributed by atoms with E-state index in [1.165, 1.54) is 0 Å². The molecule has 1 aliphatic heterocycles. The molecule has 0 bridgehead atoms. The second-order valence-corrected chi connectivity index (χ2v) is 8.81. The molecule has 35 heavy (non-hydrogen) atoms. The number of fused-ring (bicyclic) bond motifs is 1. The Morgan fingerprint density at radius 2 is 1.69 bits per heavy atom. The molecule has 2 aromatic carbocycles. The van der Waals surface area contributed by atoms with Crippen molar-refractivity contribution in [3.05, 3.63) is 58.5 Å². The van der Waals surface area contributed by atoms with Crippen molar-refractivity contribution >= 4 is 34.4 Å². The van der Waals surface area contributed by atoms with Crippen LogP contribution in [0.5, 0.6) is 5.75 Å². The number of imidazole rings is 1. The molecule has 4 N–H and O–H groups in total. The van der Waals surface area contributed by atoms with Crippen LogP contribution >= 0.6 is 0 Å². The molecule has 184 valence electrons. The van der Waals surface area contributed by atoms with Gasteiger partial charge in [0.25, 0.3) is 11.8 Å². The second kappa shape index (κ2) is 10.5. The van der Waals surface area contributed by atoms with E-state index in [-0.39, 0.29) is 36.8 Å². The lowest BCUT2D eigenvalue weighted by Crippen LogP contribution is -2.49. The number of nitrogens with one attached hydrogen (secondary N) is 4. The number of benzene rings is 2. The van der Waals surface area contributed by atoms with E-state index in [1.54, 1.807) is 42.5 Å². The summed E-state index contributed by atoms with van der Waals surface area (Å²) in [7, 11) is 0. The quantitative estimate of drug-likeness (QED) is 0.413. The van der Waals surface area contributed by atoms with Crippen LogP contribution in [0.25, 0.3) is 11.0 Å². The molecule has 1 aliphatic rings. The molecule has 4 rings (SSSR count). The monoisotopic (exact) mass is 479 g/mol. The SMILES string of the molecule is C[C@H]1CCC[C@H](C)N1C(=O)COc1ccc(C(=O)NCC(=O)Nc2ccc3[nH]c(=O)[nH]c3c2)cc1. The summed E-state index contributed by atoms with van der Waals surface area (Å²) in [5.41, 5.74) is 1.73. The maximum Gasteiger partial charge on any atom is 0.323 e. The Morgan fingerprint density at radius 1 is 1.00 bits per heavy atom. The van der Waals surface area contributed by atoms with Crippen LogP contribution in [-0.2, 0) is 9.59 Å². The molecule has 0 radical (unpaired) electrons. The van der Waals surface area contributed by atoms with Gasteiger partial charge in [0, 0.05) is 23.3 Å². The van der Waals surface area contributed by atoms with Crippen molar-refractivity contribution < 1.29 is 19.1 Å². The lowest BCUT2D eigenvalue weighted by molar-refractivity contribution is -0.139. The molecule has 2 atom stereocenters. The van der Waals surface area contributed by atoms with Crippen molar-refractivity contribution in [1.82, 2.24) is 20.2 Å². The predicted molar refractivity (Wildman–Crippen MR) is 131 cm³/mol. The zero-order valence-corrected chi connectivity index (χ0v) is 19.7. The number of hydrogen-bond donors (Lipinski definition) is 4. The molecule has 1 aromatic heterocycles. The van der Waals surface area contributed by atoms with Crippen LogP contribution in [0.4, 0.5) is 5.69 Å². The Kier molecular flexibility index (Phi) is 7.19. The van der Waals surface area contributed by atoms with Crippen molar-refractivity contribution in [2.75, 3.05) is 18.5 Å². The van der Waals surface area contributed by atoms with Gasteiger partial charge in [0.2, 0.25) is 5.91 Å². The molecule has 1 saturated heterocycles. The minimum absolute atomic E-state index is 0.0421. The largest absolute Gasteiger partial charge is 0.484 e. The minimum Gasteiger partial charge on any atom is -0.484 e. The van der Waals surface area contributed by atoms with Crippen LogP contribution in [0.2, 0.25) is 0 Å². The molecular formula is C25H29N5O5. The highest BCUT2D eigenvalue weighted by atomic mass is 16.5. The third kappa shape index (κ3) is 5.89. The highest BCUT2D eigenvalue weighted by Gasteiger charge is 2.29. The molecule has 2 heterocycles. The number of H-pyrrole nitrogens is 2. The van der Waals surface area contributed by atoms with Gasteiger partial charge in [-0.05, 0) is 75.6 Å². The number of amides is 3. The van der Waals surface area contributed by atoms with Gasteiger partial charge in [-0.15, -0.1) is 0 Å². The van der Waals surface area contributed by atoms with E-state index in [2.05, 4.69) is 34.4 Å². The summed E-state index contributed by atoms with van der Waals surface area (Å²) in [6.45, 7) is 3.84. The number of nitrogens with zero attached hydrogens (tertiary/aromatic N) is 1. The Labute approximate surface area is 202 Å². The number of rotatable bonds is 7. The molecule has 10 heteroatoms. The molecule has 1 fully saturated rings. The number of anilines is 1. The van der Waals surface area contributed by atoms with Gasteiger partial charge in [-0.1, -0.05) is 0 Å². The maximum absolute atomic E-state index is 12.6. The number of aromatic nitrogens is 2. The lowest BCUT2D eigenvalue weighted by Gasteiger charge is -2.38. The Bertz CT molecular complexity index is 1270. The van der Waals surface area contributed by atoms with Crippen molar-refractivity contribution in [3.63, 3.8) is 0 Å². The van der Waals surface area contributed by atoms with Crippen LogP contribution < -0.4 is 21.1 Å². The summed E-state index contributed by atoms with van der Waals surface area (Å²) < 4.78 is 5.64. The number of piperidine rings is 1. The molecule has 0 saturated carbocycles. The first kappa shape index (κ1) is 24.1. The minimum atomic E-state index is -0.413. The summed E-state index contributed by atoms with van der Waals surface area (Å²) >= 11 is 0. The van der Waals surface area contributed by atoms with Crippen LogP contribution in [0.3, 0.4) is 0 Å². The molecule has 0 aliphatic carbocycles. The summed E-state index contributed by atoms with van der Waals surface area (Å²) in [5, 5.41) is 5.24. The molecular weight excluding hydrogens is 450 g/mol. The third-order valence-corrected chi connectivity index (χ3v) is 6.17. The predicted octanol–water partition coefficient (Wildman–Crippen LogP) is 2.39. The van der Waals surface area contributed by atoms with Crippen molar-refractivity contribution in [2.45, 2.75) is 45.2 Å². The normalized spacial score (nSPS) is 17.7. The van der Waals surface area contributed by atoms with E-state index in [0.717, 1.165) is 19.3 Å². The first-order valence-corrected chi connectivity index (χ1v) is 11.6. The van der Waals surface area contributed by atoms with Crippen molar-refractivity contribution in [3.8, 4) is 5.75 Å². The van der Waals surface area contributed by atoms with E-state index in [9.17, 15) is 19.2 Å². The van der Waals surface area contributed by atoms with Crippen LogP contribution in [-0.4, -0.2) is 57.8 Å². The van der Waals surface area contributed by atoms with Gasteiger partial charge in [-0.25, -0.2) is 4.79 Å². The van der Waals surface area contributed by atoms with Gasteiger partial charge >= 0.3 is 5.69 Å². The average molecular weight is 480 g/mol. The molecule has 10 nitrogen and oxygen atoms in total. The Hall–Kier alpha value is -4.08. The standard InChI is InChI=1S/C25H29N5O5/c1-15-4-3-5-16(2)30(15)23(32)14-35-19-9-6-17(7-10-19)24(33)26-13-22(31)27-18-8-11-20-21(12-18)29-25(34)28-20/h6-12,15-16H,3-5,13-14H2,1-2H3,(H,26,33)(H,27,31)(H2,28,29,34)/t15-,16-/m0/s1. The topological polar surface area (TPSA) is 136 Å². The third-order valence-electron chi connectivity index (χ3n) is 6.17. The van der Waals surface area contributed by atoms with Gasteiger partial charge < -0.3 is 30.2 Å². The zero-order chi connectivity index (χ0) is 24.9. The number of carbonyl (C=O) groups excluding carboxylic acids is 3. The Balaban J connectivity index is 1.24. The molecule has 3 aromatic rings. The lowest BCUT2D eigenvalue weighted by atomic mass is 9.97. The van der Waals surface area contributed by atoms with Crippen molar-refractivity contribution in [2.24, 2.45) is 0 Å².